The number of aliphatic carboxylic acids is 1. The molecule has 3 nitrogen and oxygen atoms in total. The smallest absolute Gasteiger partial charge is 0.328 e. The van der Waals surface area contributed by atoms with Crippen LogP contribution in [-0.4, -0.2) is 35.6 Å². The fraction of sp³-hybridized carbons (Fsp3) is 0.400. The Labute approximate surface area is 118 Å². The zero-order valence-corrected chi connectivity index (χ0v) is 11.6. The maximum atomic E-state index is 10.6. The SMILES string of the molecule is O=C(O)C=C1CCN(CCc2cccc(Cl)c2)CC1. The number of benzene rings is 1. The molecule has 0 atom stereocenters. The fourth-order valence-electron chi connectivity index (χ4n) is 2.36. The third-order valence-electron chi connectivity index (χ3n) is 3.43. The van der Waals surface area contributed by atoms with Crippen molar-refractivity contribution in [3.8, 4) is 0 Å². The largest absolute Gasteiger partial charge is 0.478 e. The average molecular weight is 280 g/mol. The molecule has 1 heterocycles. The summed E-state index contributed by atoms with van der Waals surface area (Å²) in [5, 5.41) is 9.49. The van der Waals surface area contributed by atoms with Gasteiger partial charge in [-0.2, -0.15) is 0 Å². The molecule has 1 aromatic carbocycles. The van der Waals surface area contributed by atoms with Crippen LogP contribution >= 0.6 is 11.6 Å². The van der Waals surface area contributed by atoms with Gasteiger partial charge in [0.1, 0.15) is 0 Å². The highest BCUT2D eigenvalue weighted by atomic mass is 35.5. The van der Waals surface area contributed by atoms with E-state index in [1.165, 1.54) is 11.6 Å². The minimum absolute atomic E-state index is 0.780. The summed E-state index contributed by atoms with van der Waals surface area (Å²) in [5.41, 5.74) is 2.30. The molecule has 102 valence electrons. The molecule has 1 aliphatic heterocycles. The molecular formula is C15H18ClNO2. The lowest BCUT2D eigenvalue weighted by atomic mass is 10.0. The van der Waals surface area contributed by atoms with Crippen LogP contribution < -0.4 is 0 Å². The quantitative estimate of drug-likeness (QED) is 0.862. The minimum atomic E-state index is -0.831. The van der Waals surface area contributed by atoms with Crippen LogP contribution in [0.25, 0.3) is 0 Å². The lowest BCUT2D eigenvalue weighted by Crippen LogP contribution is -2.32. The Morgan fingerprint density at radius 2 is 2.11 bits per heavy atom. The normalized spacial score (nSPS) is 16.4. The van der Waals surface area contributed by atoms with E-state index in [1.54, 1.807) is 0 Å². The Morgan fingerprint density at radius 3 is 2.74 bits per heavy atom. The Hall–Kier alpha value is -1.32. The number of carboxylic acid groups (broad SMARTS) is 1. The predicted molar refractivity (Wildman–Crippen MR) is 76.5 cm³/mol. The average Bonchev–Trinajstić information content (AvgIpc) is 2.37. The molecule has 1 saturated heterocycles. The van der Waals surface area contributed by atoms with Gasteiger partial charge in [-0.1, -0.05) is 29.3 Å². The van der Waals surface area contributed by atoms with Crippen molar-refractivity contribution in [3.63, 3.8) is 0 Å². The van der Waals surface area contributed by atoms with Crippen molar-refractivity contribution in [2.24, 2.45) is 0 Å². The summed E-state index contributed by atoms with van der Waals surface area (Å²) in [6, 6.07) is 7.95. The van der Waals surface area contributed by atoms with Crippen molar-refractivity contribution in [2.45, 2.75) is 19.3 Å². The number of likely N-dealkylation sites (tertiary alicyclic amines) is 1. The third-order valence-corrected chi connectivity index (χ3v) is 3.67. The maximum absolute atomic E-state index is 10.6. The Balaban J connectivity index is 1.79. The Bertz CT molecular complexity index is 475. The molecule has 1 aliphatic rings. The van der Waals surface area contributed by atoms with Gasteiger partial charge in [0, 0.05) is 30.7 Å². The first kappa shape index (κ1) is 14.1. The van der Waals surface area contributed by atoms with Crippen molar-refractivity contribution in [1.29, 1.82) is 0 Å². The molecule has 0 unspecified atom stereocenters. The van der Waals surface area contributed by atoms with Crippen LogP contribution in [0.15, 0.2) is 35.9 Å². The van der Waals surface area contributed by atoms with Gasteiger partial charge in [0.15, 0.2) is 0 Å². The molecule has 0 spiro atoms. The van der Waals surface area contributed by atoms with Crippen LogP contribution in [0.5, 0.6) is 0 Å². The van der Waals surface area contributed by atoms with E-state index >= 15 is 0 Å². The van der Waals surface area contributed by atoms with Crippen LogP contribution in [0.4, 0.5) is 0 Å². The van der Waals surface area contributed by atoms with Crippen molar-refractivity contribution in [1.82, 2.24) is 4.90 Å². The van der Waals surface area contributed by atoms with Crippen LogP contribution in [0.3, 0.4) is 0 Å². The zero-order chi connectivity index (χ0) is 13.7. The van der Waals surface area contributed by atoms with Gasteiger partial charge in [0.05, 0.1) is 0 Å². The molecule has 4 heteroatoms. The zero-order valence-electron chi connectivity index (χ0n) is 10.8. The molecule has 19 heavy (non-hydrogen) atoms. The fourth-order valence-corrected chi connectivity index (χ4v) is 2.58. The lowest BCUT2D eigenvalue weighted by molar-refractivity contribution is -0.131. The second-order valence-electron chi connectivity index (χ2n) is 4.86. The molecule has 1 fully saturated rings. The van der Waals surface area contributed by atoms with Gasteiger partial charge in [-0.3, -0.25) is 0 Å². The van der Waals surface area contributed by atoms with Gasteiger partial charge < -0.3 is 10.0 Å². The first-order valence-electron chi connectivity index (χ1n) is 6.52. The highest BCUT2D eigenvalue weighted by molar-refractivity contribution is 6.30. The van der Waals surface area contributed by atoms with Crippen LogP contribution in [0, 0.1) is 0 Å². The number of piperidine rings is 1. The summed E-state index contributed by atoms with van der Waals surface area (Å²) in [7, 11) is 0. The van der Waals surface area contributed by atoms with Crippen molar-refractivity contribution >= 4 is 17.6 Å². The van der Waals surface area contributed by atoms with Crippen LogP contribution in [0.2, 0.25) is 5.02 Å². The predicted octanol–water partition coefficient (Wildman–Crippen LogP) is 2.99. The Morgan fingerprint density at radius 1 is 1.37 bits per heavy atom. The first-order valence-corrected chi connectivity index (χ1v) is 6.90. The van der Waals surface area contributed by atoms with E-state index < -0.39 is 5.97 Å². The summed E-state index contributed by atoms with van der Waals surface area (Å²) in [4.78, 5) is 13.0. The van der Waals surface area contributed by atoms with Gasteiger partial charge >= 0.3 is 5.97 Å². The monoisotopic (exact) mass is 279 g/mol. The third kappa shape index (κ3) is 4.69. The van der Waals surface area contributed by atoms with Gasteiger partial charge in [-0.15, -0.1) is 0 Å². The van der Waals surface area contributed by atoms with Gasteiger partial charge in [-0.25, -0.2) is 4.79 Å². The molecule has 1 aromatic rings. The summed E-state index contributed by atoms with van der Waals surface area (Å²) in [6.45, 7) is 2.89. The van der Waals surface area contributed by atoms with E-state index in [0.717, 1.165) is 49.5 Å². The number of hydrogen-bond donors (Lipinski definition) is 1. The van der Waals surface area contributed by atoms with Crippen LogP contribution in [0.1, 0.15) is 18.4 Å². The Kier molecular flexibility index (Phi) is 5.00. The first-order chi connectivity index (χ1) is 9.13. The topological polar surface area (TPSA) is 40.5 Å². The second kappa shape index (κ2) is 6.73. The second-order valence-corrected chi connectivity index (χ2v) is 5.30. The number of nitrogens with zero attached hydrogens (tertiary/aromatic N) is 1. The van der Waals surface area contributed by atoms with E-state index in [1.807, 2.05) is 18.2 Å². The number of hydrogen-bond acceptors (Lipinski definition) is 2. The van der Waals surface area contributed by atoms with Crippen molar-refractivity contribution < 1.29 is 9.90 Å². The van der Waals surface area contributed by atoms with Gasteiger partial charge in [0.2, 0.25) is 0 Å². The van der Waals surface area contributed by atoms with E-state index in [0.29, 0.717) is 0 Å². The summed E-state index contributed by atoms with van der Waals surface area (Å²) in [6.07, 6.45) is 4.07. The summed E-state index contributed by atoms with van der Waals surface area (Å²) < 4.78 is 0. The maximum Gasteiger partial charge on any atom is 0.328 e. The summed E-state index contributed by atoms with van der Waals surface area (Å²) in [5.74, 6) is -0.831. The molecule has 0 amide bonds. The number of halogens is 1. The van der Waals surface area contributed by atoms with E-state index in [9.17, 15) is 4.79 Å². The molecule has 0 aromatic heterocycles. The highest BCUT2D eigenvalue weighted by Gasteiger charge is 2.14. The molecule has 0 aliphatic carbocycles. The van der Waals surface area contributed by atoms with Crippen LogP contribution in [-0.2, 0) is 11.2 Å². The number of rotatable bonds is 4. The molecule has 2 rings (SSSR count). The minimum Gasteiger partial charge on any atom is -0.478 e. The lowest BCUT2D eigenvalue weighted by Gasteiger charge is -2.28. The molecule has 0 radical (unpaired) electrons. The van der Waals surface area contributed by atoms with E-state index in [-0.39, 0.29) is 0 Å². The van der Waals surface area contributed by atoms with Gasteiger partial charge in [0.25, 0.3) is 0 Å². The molecule has 0 saturated carbocycles. The van der Waals surface area contributed by atoms with E-state index in [2.05, 4.69) is 11.0 Å². The summed E-state index contributed by atoms with van der Waals surface area (Å²) >= 11 is 5.96. The molecular weight excluding hydrogens is 262 g/mol. The molecule has 0 bridgehead atoms. The number of carbonyl (C=O) groups is 1. The van der Waals surface area contributed by atoms with Gasteiger partial charge in [-0.05, 0) is 37.0 Å². The standard InChI is InChI=1S/C15H18ClNO2/c16-14-3-1-2-12(10-14)4-7-17-8-5-13(6-9-17)11-15(18)19/h1-3,10-11H,4-9H2,(H,18,19). The highest BCUT2D eigenvalue weighted by Crippen LogP contribution is 2.17. The molecule has 1 N–H and O–H groups in total. The van der Waals surface area contributed by atoms with Crippen molar-refractivity contribution in [2.75, 3.05) is 19.6 Å². The number of carboxylic acids is 1. The van der Waals surface area contributed by atoms with E-state index in [4.69, 9.17) is 16.7 Å². The van der Waals surface area contributed by atoms with Crippen molar-refractivity contribution in [3.05, 3.63) is 46.5 Å².